The van der Waals surface area contributed by atoms with E-state index < -0.39 is 12.1 Å². The van der Waals surface area contributed by atoms with Crippen molar-refractivity contribution in [3.63, 3.8) is 0 Å². The predicted octanol–water partition coefficient (Wildman–Crippen LogP) is 3.94. The maximum atomic E-state index is 12.5. The Kier molecular flexibility index (Phi) is 7.44. The Balaban J connectivity index is 2.06. The van der Waals surface area contributed by atoms with E-state index >= 15 is 0 Å². The smallest absolute Gasteiger partial charge is 0.339 e. The van der Waals surface area contributed by atoms with E-state index in [1.54, 1.807) is 32.2 Å². The zero-order valence-corrected chi connectivity index (χ0v) is 17.0. The molecule has 2 rings (SSSR count). The van der Waals surface area contributed by atoms with Crippen LogP contribution in [0.2, 0.25) is 0 Å². The first-order valence-corrected chi connectivity index (χ1v) is 9.18. The Morgan fingerprint density at radius 1 is 1.00 bits per heavy atom. The highest BCUT2D eigenvalue weighted by Gasteiger charge is 2.23. The van der Waals surface area contributed by atoms with E-state index in [2.05, 4.69) is 0 Å². The van der Waals surface area contributed by atoms with Crippen LogP contribution >= 0.6 is 0 Å². The molecule has 0 aliphatic heterocycles. The van der Waals surface area contributed by atoms with Crippen molar-refractivity contribution in [3.8, 4) is 11.5 Å². The van der Waals surface area contributed by atoms with Gasteiger partial charge < -0.3 is 19.1 Å². The van der Waals surface area contributed by atoms with Gasteiger partial charge in [0.15, 0.2) is 17.6 Å². The normalized spacial score (nSPS) is 11.6. The standard InChI is InChI=1S/C22H27NO5/c1-15(2)14-27-19-12-11-17(13-20(19)26-5)22(25)28-16(3)21(24)23(4)18-9-7-6-8-10-18/h6-13,15-16H,14H2,1-5H3/t16-/m0/s1. The summed E-state index contributed by atoms with van der Waals surface area (Å²) < 4.78 is 16.3. The molecule has 2 aromatic carbocycles. The van der Waals surface area contributed by atoms with Gasteiger partial charge in [0.25, 0.3) is 5.91 Å². The molecule has 1 atom stereocenters. The fourth-order valence-electron chi connectivity index (χ4n) is 2.50. The largest absolute Gasteiger partial charge is 0.493 e. The number of rotatable bonds is 8. The molecule has 0 fully saturated rings. The van der Waals surface area contributed by atoms with Crippen LogP contribution in [-0.4, -0.2) is 38.7 Å². The summed E-state index contributed by atoms with van der Waals surface area (Å²) >= 11 is 0. The summed E-state index contributed by atoms with van der Waals surface area (Å²) in [5.74, 6) is 0.443. The van der Waals surface area contributed by atoms with Gasteiger partial charge in [-0.1, -0.05) is 32.0 Å². The van der Waals surface area contributed by atoms with Crippen LogP contribution in [-0.2, 0) is 9.53 Å². The van der Waals surface area contributed by atoms with Crippen molar-refractivity contribution >= 4 is 17.6 Å². The summed E-state index contributed by atoms with van der Waals surface area (Å²) in [6.45, 7) is 6.18. The fraction of sp³-hybridized carbons (Fsp3) is 0.364. The monoisotopic (exact) mass is 385 g/mol. The summed E-state index contributed by atoms with van der Waals surface area (Å²) in [6.07, 6.45) is -0.930. The third-order valence-corrected chi connectivity index (χ3v) is 4.08. The van der Waals surface area contributed by atoms with Gasteiger partial charge >= 0.3 is 5.97 Å². The van der Waals surface area contributed by atoms with Crippen molar-refractivity contribution in [1.82, 2.24) is 0 Å². The third-order valence-electron chi connectivity index (χ3n) is 4.08. The molecule has 0 heterocycles. The molecule has 0 spiro atoms. The van der Waals surface area contributed by atoms with Gasteiger partial charge in [0.2, 0.25) is 0 Å². The molecule has 0 saturated carbocycles. The summed E-state index contributed by atoms with van der Waals surface area (Å²) in [5.41, 5.74) is 1.01. The maximum absolute atomic E-state index is 12.5. The first-order valence-electron chi connectivity index (χ1n) is 9.18. The highest BCUT2D eigenvalue weighted by molar-refractivity contribution is 5.98. The number of anilines is 1. The number of carbonyl (C=O) groups excluding carboxylic acids is 2. The number of amides is 1. The van der Waals surface area contributed by atoms with Gasteiger partial charge in [0.05, 0.1) is 19.3 Å². The van der Waals surface area contributed by atoms with Gasteiger partial charge in [0.1, 0.15) is 0 Å². The van der Waals surface area contributed by atoms with Crippen LogP contribution in [0.15, 0.2) is 48.5 Å². The van der Waals surface area contributed by atoms with E-state index in [0.29, 0.717) is 24.0 Å². The van der Waals surface area contributed by atoms with Gasteiger partial charge in [-0.3, -0.25) is 4.79 Å². The zero-order valence-electron chi connectivity index (χ0n) is 17.0. The van der Waals surface area contributed by atoms with Crippen LogP contribution in [0.3, 0.4) is 0 Å². The summed E-state index contributed by atoms with van der Waals surface area (Å²) in [5, 5.41) is 0. The van der Waals surface area contributed by atoms with Crippen LogP contribution < -0.4 is 14.4 Å². The first kappa shape index (κ1) is 21.3. The van der Waals surface area contributed by atoms with Crippen LogP contribution in [0, 0.1) is 5.92 Å². The van der Waals surface area contributed by atoms with Crippen LogP contribution in [0.5, 0.6) is 11.5 Å². The fourth-order valence-corrected chi connectivity index (χ4v) is 2.50. The number of methoxy groups -OCH3 is 1. The lowest BCUT2D eigenvalue weighted by Crippen LogP contribution is -2.37. The topological polar surface area (TPSA) is 65.1 Å². The predicted molar refractivity (Wildman–Crippen MR) is 108 cm³/mol. The van der Waals surface area contributed by atoms with Crippen molar-refractivity contribution < 1.29 is 23.8 Å². The lowest BCUT2D eigenvalue weighted by atomic mass is 10.2. The molecule has 0 aliphatic carbocycles. The molecule has 6 heteroatoms. The van der Waals surface area contributed by atoms with E-state index in [1.807, 2.05) is 44.2 Å². The van der Waals surface area contributed by atoms with E-state index in [1.165, 1.54) is 12.0 Å². The summed E-state index contributed by atoms with van der Waals surface area (Å²) in [7, 11) is 3.15. The summed E-state index contributed by atoms with van der Waals surface area (Å²) in [6, 6.07) is 14.0. The second-order valence-corrected chi connectivity index (χ2v) is 6.85. The molecule has 0 aromatic heterocycles. The van der Waals surface area contributed by atoms with Gasteiger partial charge in [0, 0.05) is 12.7 Å². The molecule has 1 amide bonds. The number of carbonyl (C=O) groups is 2. The number of hydrogen-bond acceptors (Lipinski definition) is 5. The number of likely N-dealkylation sites (N-methyl/N-ethyl adjacent to an activating group) is 1. The highest BCUT2D eigenvalue weighted by atomic mass is 16.5. The maximum Gasteiger partial charge on any atom is 0.339 e. The Labute approximate surface area is 166 Å². The van der Waals surface area contributed by atoms with Crippen molar-refractivity contribution in [2.75, 3.05) is 25.7 Å². The van der Waals surface area contributed by atoms with Crippen molar-refractivity contribution in [2.24, 2.45) is 5.92 Å². The average Bonchev–Trinajstić information content (AvgIpc) is 2.71. The third kappa shape index (κ3) is 5.49. The number of esters is 1. The van der Waals surface area contributed by atoms with Crippen LogP contribution in [0.25, 0.3) is 0 Å². The van der Waals surface area contributed by atoms with E-state index in [4.69, 9.17) is 14.2 Å². The number of nitrogens with zero attached hydrogens (tertiary/aromatic N) is 1. The summed E-state index contributed by atoms with van der Waals surface area (Å²) in [4.78, 5) is 26.5. The minimum Gasteiger partial charge on any atom is -0.493 e. The van der Waals surface area contributed by atoms with E-state index in [0.717, 1.165) is 5.69 Å². The second-order valence-electron chi connectivity index (χ2n) is 6.85. The molecule has 150 valence electrons. The van der Waals surface area contributed by atoms with Crippen molar-refractivity contribution in [1.29, 1.82) is 0 Å². The SMILES string of the molecule is COc1cc(C(=O)O[C@@H](C)C(=O)N(C)c2ccccc2)ccc1OCC(C)C. The lowest BCUT2D eigenvalue weighted by Gasteiger charge is -2.21. The van der Waals surface area contributed by atoms with E-state index in [9.17, 15) is 9.59 Å². The minimum absolute atomic E-state index is 0.288. The van der Waals surface area contributed by atoms with Gasteiger partial charge in [-0.25, -0.2) is 4.79 Å². The van der Waals surface area contributed by atoms with Crippen LogP contribution in [0.4, 0.5) is 5.69 Å². The van der Waals surface area contributed by atoms with E-state index in [-0.39, 0.29) is 11.5 Å². The van der Waals surface area contributed by atoms with Gasteiger partial charge in [-0.05, 0) is 43.2 Å². The molecule has 2 aromatic rings. The molecule has 0 aliphatic rings. The minimum atomic E-state index is -0.930. The molecular weight excluding hydrogens is 358 g/mol. The number of ether oxygens (including phenoxy) is 3. The molecule has 0 bridgehead atoms. The molecule has 0 radical (unpaired) electrons. The number of para-hydroxylation sites is 1. The molecular formula is C22H27NO5. The molecule has 0 N–H and O–H groups in total. The second kappa shape index (κ2) is 9.78. The van der Waals surface area contributed by atoms with Gasteiger partial charge in [-0.2, -0.15) is 0 Å². The first-order chi connectivity index (χ1) is 13.3. The van der Waals surface area contributed by atoms with Crippen molar-refractivity contribution in [3.05, 3.63) is 54.1 Å². The Hall–Kier alpha value is -3.02. The molecule has 0 unspecified atom stereocenters. The quantitative estimate of drug-likeness (QED) is 0.644. The molecule has 0 saturated heterocycles. The Bertz CT molecular complexity index is 804. The van der Waals surface area contributed by atoms with Gasteiger partial charge in [-0.15, -0.1) is 0 Å². The number of benzene rings is 2. The lowest BCUT2D eigenvalue weighted by molar-refractivity contribution is -0.126. The Morgan fingerprint density at radius 3 is 2.29 bits per heavy atom. The zero-order chi connectivity index (χ0) is 20.7. The Morgan fingerprint density at radius 2 is 1.68 bits per heavy atom. The van der Waals surface area contributed by atoms with Crippen LogP contribution in [0.1, 0.15) is 31.1 Å². The number of hydrogen-bond donors (Lipinski definition) is 0. The highest BCUT2D eigenvalue weighted by Crippen LogP contribution is 2.29. The van der Waals surface area contributed by atoms with Crippen molar-refractivity contribution in [2.45, 2.75) is 26.9 Å². The average molecular weight is 385 g/mol. The molecule has 6 nitrogen and oxygen atoms in total. The molecule has 28 heavy (non-hydrogen) atoms.